The number of cyclic esters (lactones) is 1. The highest BCUT2D eigenvalue weighted by atomic mass is 32.2. The molecule has 0 spiro atoms. The number of ether oxygens (including phenoxy) is 2. The molecule has 5 nitrogen and oxygen atoms in total. The molecule has 0 saturated carbocycles. The Kier molecular flexibility index (Phi) is 5.06. The van der Waals surface area contributed by atoms with Gasteiger partial charge in [-0.05, 0) is 54.8 Å². The van der Waals surface area contributed by atoms with Crippen LogP contribution < -0.4 is 4.74 Å². The molecule has 1 aliphatic rings. The Morgan fingerprint density at radius 1 is 1.15 bits per heavy atom. The second kappa shape index (κ2) is 7.15. The van der Waals surface area contributed by atoms with Gasteiger partial charge in [0.25, 0.3) is 0 Å². The zero-order valence-electron chi connectivity index (χ0n) is 15.2. The van der Waals surface area contributed by atoms with Crippen molar-refractivity contribution in [2.24, 2.45) is 0 Å². The van der Waals surface area contributed by atoms with E-state index in [1.165, 1.54) is 30.3 Å². The molecular weight excluding hydrogens is 371 g/mol. The van der Waals surface area contributed by atoms with E-state index in [9.17, 15) is 17.6 Å². The number of esters is 1. The van der Waals surface area contributed by atoms with Crippen molar-refractivity contribution < 1.29 is 27.1 Å². The summed E-state index contributed by atoms with van der Waals surface area (Å²) in [6.45, 7) is 3.57. The Labute approximate surface area is 157 Å². The first-order valence-electron chi connectivity index (χ1n) is 8.40. The van der Waals surface area contributed by atoms with Gasteiger partial charge in [0.1, 0.15) is 17.7 Å². The highest BCUT2D eigenvalue weighted by Crippen LogP contribution is 2.35. The summed E-state index contributed by atoms with van der Waals surface area (Å²) in [6, 6.07) is 10.2. The van der Waals surface area contributed by atoms with Crippen LogP contribution in [0.2, 0.25) is 0 Å². The fraction of sp³-hybridized carbons (Fsp3) is 0.250. The van der Waals surface area contributed by atoms with E-state index in [0.717, 1.165) is 6.26 Å². The summed E-state index contributed by atoms with van der Waals surface area (Å²) >= 11 is 0. The van der Waals surface area contributed by atoms with E-state index in [0.29, 0.717) is 28.9 Å². The van der Waals surface area contributed by atoms with E-state index in [-0.39, 0.29) is 10.7 Å². The summed E-state index contributed by atoms with van der Waals surface area (Å²) in [6.07, 6.45) is 1.18. The van der Waals surface area contributed by atoms with Gasteiger partial charge in [0.05, 0.1) is 10.5 Å². The highest BCUT2D eigenvalue weighted by molar-refractivity contribution is 7.90. The minimum atomic E-state index is -3.35. The second-order valence-electron chi connectivity index (χ2n) is 6.35. The number of sulfone groups is 1. The van der Waals surface area contributed by atoms with E-state index in [4.69, 9.17) is 9.47 Å². The molecule has 0 amide bonds. The van der Waals surface area contributed by atoms with Crippen LogP contribution in [0.25, 0.3) is 5.57 Å². The Morgan fingerprint density at radius 2 is 1.81 bits per heavy atom. The van der Waals surface area contributed by atoms with Gasteiger partial charge in [0.15, 0.2) is 9.84 Å². The maximum absolute atomic E-state index is 13.1. The lowest BCUT2D eigenvalue weighted by atomic mass is 9.97. The topological polar surface area (TPSA) is 69.7 Å². The number of hydrogen-bond acceptors (Lipinski definition) is 5. The molecule has 0 radical (unpaired) electrons. The van der Waals surface area contributed by atoms with Gasteiger partial charge < -0.3 is 9.47 Å². The summed E-state index contributed by atoms with van der Waals surface area (Å²) < 4.78 is 47.9. The molecule has 2 aromatic rings. The Morgan fingerprint density at radius 3 is 2.37 bits per heavy atom. The third kappa shape index (κ3) is 3.88. The minimum absolute atomic E-state index is 0.0277. The Bertz CT molecular complexity index is 1020. The molecule has 0 unspecified atom stereocenters. The number of carbonyl (C=O) groups is 1. The molecule has 2 aromatic carbocycles. The van der Waals surface area contributed by atoms with E-state index >= 15 is 0 Å². The maximum Gasteiger partial charge on any atom is 0.375 e. The average molecular weight is 390 g/mol. The number of carbonyl (C=O) groups excluding carboxylic acids is 1. The van der Waals surface area contributed by atoms with Gasteiger partial charge in [0, 0.05) is 6.26 Å². The van der Waals surface area contributed by atoms with Crippen LogP contribution in [0.3, 0.4) is 0 Å². The molecule has 27 heavy (non-hydrogen) atoms. The molecule has 1 atom stereocenters. The van der Waals surface area contributed by atoms with Crippen molar-refractivity contribution in [1.82, 2.24) is 0 Å². The van der Waals surface area contributed by atoms with Crippen molar-refractivity contribution in [2.75, 3.05) is 6.26 Å². The van der Waals surface area contributed by atoms with Gasteiger partial charge in [-0.3, -0.25) is 0 Å². The van der Waals surface area contributed by atoms with Crippen LogP contribution in [0.5, 0.6) is 5.75 Å². The molecule has 0 N–H and O–H groups in total. The lowest BCUT2D eigenvalue weighted by molar-refractivity contribution is -0.141. The van der Waals surface area contributed by atoms with E-state index in [1.54, 1.807) is 19.1 Å². The van der Waals surface area contributed by atoms with Crippen molar-refractivity contribution >= 4 is 21.4 Å². The molecule has 1 heterocycles. The summed E-state index contributed by atoms with van der Waals surface area (Å²) in [4.78, 5) is 12.6. The molecule has 0 fully saturated rings. The number of benzene rings is 2. The van der Waals surface area contributed by atoms with Crippen molar-refractivity contribution in [3.8, 4) is 5.75 Å². The first kappa shape index (κ1) is 19.1. The molecule has 142 valence electrons. The molecule has 0 aliphatic carbocycles. The largest absolute Gasteiger partial charge is 0.451 e. The van der Waals surface area contributed by atoms with Gasteiger partial charge in [-0.15, -0.1) is 0 Å². The minimum Gasteiger partial charge on any atom is -0.451 e. The number of rotatable bonds is 5. The molecule has 3 rings (SSSR count). The van der Waals surface area contributed by atoms with Crippen LogP contribution in [0.15, 0.2) is 53.1 Å². The SMILES string of the molecule is CC[C@H]1OC(=O)C(Oc2ccc(F)cc2)=C1c1ccc(S(C)(=O)=O)c(C)c1. The van der Waals surface area contributed by atoms with Crippen LogP contribution in [0.1, 0.15) is 24.5 Å². The number of aryl methyl sites for hydroxylation is 1. The van der Waals surface area contributed by atoms with E-state index < -0.39 is 27.7 Å². The first-order chi connectivity index (χ1) is 12.7. The van der Waals surface area contributed by atoms with Crippen LogP contribution in [0, 0.1) is 12.7 Å². The Balaban J connectivity index is 2.09. The van der Waals surface area contributed by atoms with Crippen LogP contribution in [-0.2, 0) is 19.4 Å². The maximum atomic E-state index is 13.1. The first-order valence-corrected chi connectivity index (χ1v) is 10.3. The van der Waals surface area contributed by atoms with E-state index in [2.05, 4.69) is 0 Å². The van der Waals surface area contributed by atoms with Crippen LogP contribution in [-0.4, -0.2) is 26.7 Å². The molecule has 0 aromatic heterocycles. The van der Waals surface area contributed by atoms with Crippen molar-refractivity contribution in [2.45, 2.75) is 31.3 Å². The predicted octanol–water partition coefficient (Wildman–Crippen LogP) is 3.66. The molecule has 0 bridgehead atoms. The zero-order valence-corrected chi connectivity index (χ0v) is 16.0. The highest BCUT2D eigenvalue weighted by Gasteiger charge is 2.36. The van der Waals surface area contributed by atoms with Crippen LogP contribution in [0.4, 0.5) is 4.39 Å². The summed E-state index contributed by atoms with van der Waals surface area (Å²) in [5.74, 6) is -0.683. The summed E-state index contributed by atoms with van der Waals surface area (Å²) in [5, 5.41) is 0. The number of halogens is 1. The fourth-order valence-electron chi connectivity index (χ4n) is 3.05. The predicted molar refractivity (Wildman–Crippen MR) is 98.4 cm³/mol. The van der Waals surface area contributed by atoms with Gasteiger partial charge >= 0.3 is 5.97 Å². The van der Waals surface area contributed by atoms with Gasteiger partial charge in [0.2, 0.25) is 5.76 Å². The van der Waals surface area contributed by atoms with Crippen molar-refractivity contribution in [3.63, 3.8) is 0 Å². The Hall–Kier alpha value is -2.67. The van der Waals surface area contributed by atoms with E-state index in [1.807, 2.05) is 6.92 Å². The van der Waals surface area contributed by atoms with Gasteiger partial charge in [-0.1, -0.05) is 19.1 Å². The molecule has 1 aliphatic heterocycles. The van der Waals surface area contributed by atoms with Gasteiger partial charge in [-0.2, -0.15) is 0 Å². The number of hydrogen-bond donors (Lipinski definition) is 0. The second-order valence-corrected chi connectivity index (χ2v) is 8.34. The normalized spacial score (nSPS) is 17.2. The zero-order chi connectivity index (χ0) is 19.8. The van der Waals surface area contributed by atoms with Crippen molar-refractivity contribution in [3.05, 3.63) is 65.2 Å². The fourth-order valence-corrected chi connectivity index (χ4v) is 4.01. The summed E-state index contributed by atoms with van der Waals surface area (Å²) in [7, 11) is -3.35. The quantitative estimate of drug-likeness (QED) is 0.729. The monoisotopic (exact) mass is 390 g/mol. The molecule has 7 heteroatoms. The standard InChI is InChI=1S/C20H19FO5S/c1-4-16-18(13-5-10-17(12(2)11-13)27(3,23)24)19(20(22)26-16)25-15-8-6-14(21)7-9-15/h5-11,16H,4H2,1-3H3/t16-/m1/s1. The molecule has 0 saturated heterocycles. The summed E-state index contributed by atoms with van der Waals surface area (Å²) in [5.41, 5.74) is 1.77. The average Bonchev–Trinajstić information content (AvgIpc) is 2.91. The lowest BCUT2D eigenvalue weighted by Gasteiger charge is -2.14. The third-order valence-electron chi connectivity index (χ3n) is 4.29. The third-order valence-corrected chi connectivity index (χ3v) is 5.55. The van der Waals surface area contributed by atoms with Crippen LogP contribution >= 0.6 is 0 Å². The molecular formula is C20H19FO5S. The van der Waals surface area contributed by atoms with Gasteiger partial charge in [-0.25, -0.2) is 17.6 Å². The lowest BCUT2D eigenvalue weighted by Crippen LogP contribution is -2.10. The van der Waals surface area contributed by atoms with Crippen molar-refractivity contribution in [1.29, 1.82) is 0 Å². The smallest absolute Gasteiger partial charge is 0.375 e.